The number of hydrogen-bond acceptors (Lipinski definition) is 5. The third kappa shape index (κ3) is 3.78. The molecule has 2 heterocycles. The molecule has 23 heavy (non-hydrogen) atoms. The van der Waals surface area contributed by atoms with Gasteiger partial charge in [0.15, 0.2) is 5.78 Å². The molecular formula is C17H20NO5+. The highest BCUT2D eigenvalue weighted by atomic mass is 16.5. The molecule has 1 aromatic carbocycles. The number of hydrogen-bond donors (Lipinski definition) is 1. The minimum atomic E-state index is -0.392. The summed E-state index contributed by atoms with van der Waals surface area (Å²) in [5.41, 5.74) is 1.16. The van der Waals surface area contributed by atoms with E-state index in [-0.39, 0.29) is 5.78 Å². The third-order valence-corrected chi connectivity index (χ3v) is 4.01. The molecule has 1 aliphatic heterocycles. The normalized spacial score (nSPS) is 15.7. The van der Waals surface area contributed by atoms with Gasteiger partial charge in [-0.1, -0.05) is 0 Å². The van der Waals surface area contributed by atoms with E-state index in [1.54, 1.807) is 18.2 Å². The van der Waals surface area contributed by atoms with Crippen LogP contribution in [0.5, 0.6) is 5.75 Å². The number of fused-ring (bicyclic) bond motifs is 1. The fourth-order valence-corrected chi connectivity index (χ4v) is 2.79. The van der Waals surface area contributed by atoms with Crippen molar-refractivity contribution in [1.29, 1.82) is 0 Å². The molecule has 0 spiro atoms. The number of ketones is 1. The van der Waals surface area contributed by atoms with Gasteiger partial charge >= 0.3 is 5.97 Å². The Morgan fingerprint density at radius 1 is 1.26 bits per heavy atom. The van der Waals surface area contributed by atoms with E-state index in [1.165, 1.54) is 18.1 Å². The molecule has 0 bridgehead atoms. The van der Waals surface area contributed by atoms with E-state index in [0.29, 0.717) is 28.7 Å². The molecular weight excluding hydrogens is 298 g/mol. The Kier molecular flexibility index (Phi) is 4.73. The second-order valence-electron chi connectivity index (χ2n) is 5.69. The van der Waals surface area contributed by atoms with Crippen molar-refractivity contribution in [3.63, 3.8) is 0 Å². The van der Waals surface area contributed by atoms with Crippen LogP contribution in [0.4, 0.5) is 0 Å². The van der Waals surface area contributed by atoms with Gasteiger partial charge in [-0.2, -0.15) is 0 Å². The topological polar surface area (TPSA) is 70.2 Å². The molecule has 6 nitrogen and oxygen atoms in total. The highest BCUT2D eigenvalue weighted by Gasteiger charge is 2.19. The zero-order valence-corrected chi connectivity index (χ0v) is 13.1. The van der Waals surface area contributed by atoms with Gasteiger partial charge in [0.2, 0.25) is 0 Å². The first-order valence-corrected chi connectivity index (χ1v) is 7.77. The van der Waals surface area contributed by atoms with Crippen molar-refractivity contribution in [2.75, 3.05) is 32.8 Å². The smallest absolute Gasteiger partial charge is 0.308 e. The molecule has 1 fully saturated rings. The van der Waals surface area contributed by atoms with Crippen LogP contribution in [-0.4, -0.2) is 44.6 Å². The molecule has 1 aromatic heterocycles. The Morgan fingerprint density at radius 3 is 2.78 bits per heavy atom. The number of rotatable bonds is 5. The second kappa shape index (κ2) is 6.93. The quantitative estimate of drug-likeness (QED) is 0.503. The van der Waals surface area contributed by atoms with E-state index in [1.807, 2.05) is 0 Å². The zero-order chi connectivity index (χ0) is 16.2. The number of morpholine rings is 1. The molecule has 0 atom stereocenters. The summed E-state index contributed by atoms with van der Waals surface area (Å²) in [6, 6.07) is 5.03. The zero-order valence-electron chi connectivity index (χ0n) is 13.1. The maximum absolute atomic E-state index is 12.5. The largest absolute Gasteiger partial charge is 0.464 e. The summed E-state index contributed by atoms with van der Waals surface area (Å²) < 4.78 is 15.8. The number of quaternary nitrogens is 1. The van der Waals surface area contributed by atoms with Crippen LogP contribution in [0.2, 0.25) is 0 Å². The number of nitrogens with one attached hydrogen (secondary N) is 1. The van der Waals surface area contributed by atoms with Gasteiger partial charge < -0.3 is 18.8 Å². The van der Waals surface area contributed by atoms with Gasteiger partial charge in [-0.05, 0) is 18.2 Å². The number of carbonyl (C=O) groups is 2. The van der Waals surface area contributed by atoms with Crippen molar-refractivity contribution in [1.82, 2.24) is 0 Å². The van der Waals surface area contributed by atoms with Crippen molar-refractivity contribution < 1.29 is 28.4 Å². The third-order valence-electron chi connectivity index (χ3n) is 4.01. The van der Waals surface area contributed by atoms with Gasteiger partial charge in [0, 0.05) is 12.3 Å². The van der Waals surface area contributed by atoms with E-state index in [0.717, 1.165) is 32.8 Å². The number of Topliss-reactive ketones (excluding diaryl/α,β-unsaturated/α-hetero) is 1. The van der Waals surface area contributed by atoms with Crippen LogP contribution >= 0.6 is 0 Å². The first-order valence-electron chi connectivity index (χ1n) is 7.77. The van der Waals surface area contributed by atoms with E-state index >= 15 is 0 Å². The van der Waals surface area contributed by atoms with Crippen molar-refractivity contribution in [3.8, 4) is 5.75 Å². The summed E-state index contributed by atoms with van der Waals surface area (Å²) in [6.07, 6.45) is 1.95. The number of benzene rings is 1. The SMILES string of the molecule is CC(=O)Oc1ccc2occ(C(=O)CC[NH+]3CCOCC3)c2c1. The number of ether oxygens (including phenoxy) is 2. The molecule has 122 valence electrons. The Bertz CT molecular complexity index is 715. The van der Waals surface area contributed by atoms with E-state index in [2.05, 4.69) is 0 Å². The molecule has 3 rings (SSSR count). The minimum Gasteiger partial charge on any atom is -0.464 e. The lowest BCUT2D eigenvalue weighted by Gasteiger charge is -2.23. The van der Waals surface area contributed by atoms with Gasteiger partial charge in [0.25, 0.3) is 0 Å². The van der Waals surface area contributed by atoms with E-state index in [4.69, 9.17) is 13.9 Å². The molecule has 6 heteroatoms. The van der Waals surface area contributed by atoms with Crippen LogP contribution in [0.1, 0.15) is 23.7 Å². The van der Waals surface area contributed by atoms with Gasteiger partial charge in [-0.3, -0.25) is 9.59 Å². The molecule has 0 radical (unpaired) electrons. The Labute approximate surface area is 133 Å². The van der Waals surface area contributed by atoms with E-state index in [9.17, 15) is 9.59 Å². The summed E-state index contributed by atoms with van der Waals surface area (Å²) in [7, 11) is 0. The summed E-state index contributed by atoms with van der Waals surface area (Å²) in [6.45, 7) is 5.52. The predicted octanol–water partition coefficient (Wildman–Crippen LogP) is 0.846. The molecule has 1 saturated heterocycles. The van der Waals surface area contributed by atoms with Crippen molar-refractivity contribution in [2.24, 2.45) is 0 Å². The highest BCUT2D eigenvalue weighted by molar-refractivity contribution is 6.07. The van der Waals surface area contributed by atoms with Crippen molar-refractivity contribution in [2.45, 2.75) is 13.3 Å². The van der Waals surface area contributed by atoms with Crippen molar-refractivity contribution in [3.05, 3.63) is 30.0 Å². The summed E-state index contributed by atoms with van der Waals surface area (Å²) >= 11 is 0. The number of esters is 1. The lowest BCUT2D eigenvalue weighted by Crippen LogP contribution is -3.14. The van der Waals surface area contributed by atoms with Crippen LogP contribution in [0, 0.1) is 0 Å². The monoisotopic (exact) mass is 318 g/mol. The fourth-order valence-electron chi connectivity index (χ4n) is 2.79. The molecule has 0 amide bonds. The molecule has 2 aromatic rings. The first kappa shape index (κ1) is 15.7. The maximum Gasteiger partial charge on any atom is 0.308 e. The highest BCUT2D eigenvalue weighted by Crippen LogP contribution is 2.26. The molecule has 0 saturated carbocycles. The number of furan rings is 1. The van der Waals surface area contributed by atoms with E-state index < -0.39 is 5.97 Å². The maximum atomic E-state index is 12.5. The van der Waals surface area contributed by atoms with Gasteiger partial charge in [0.05, 0.1) is 31.7 Å². The predicted molar refractivity (Wildman–Crippen MR) is 82.9 cm³/mol. The molecule has 0 unspecified atom stereocenters. The second-order valence-corrected chi connectivity index (χ2v) is 5.69. The van der Waals surface area contributed by atoms with Crippen LogP contribution in [0.15, 0.2) is 28.9 Å². The van der Waals surface area contributed by atoms with Gasteiger partial charge in [0.1, 0.15) is 30.7 Å². The van der Waals surface area contributed by atoms with Gasteiger partial charge in [-0.25, -0.2) is 0 Å². The minimum absolute atomic E-state index is 0.0442. The molecule has 0 aliphatic carbocycles. The average molecular weight is 318 g/mol. The first-order chi connectivity index (χ1) is 11.1. The standard InChI is InChI=1S/C17H19NO5/c1-12(19)23-13-2-3-17-14(10-13)15(11-22-17)16(20)4-5-18-6-8-21-9-7-18/h2-3,10-11H,4-9H2,1H3/p+1. The lowest BCUT2D eigenvalue weighted by atomic mass is 10.1. The van der Waals surface area contributed by atoms with Crippen LogP contribution in [-0.2, 0) is 9.53 Å². The van der Waals surface area contributed by atoms with Gasteiger partial charge in [-0.15, -0.1) is 0 Å². The van der Waals surface area contributed by atoms with Crippen LogP contribution in [0.25, 0.3) is 11.0 Å². The average Bonchev–Trinajstić information content (AvgIpc) is 2.96. The Balaban J connectivity index is 1.72. The fraction of sp³-hybridized carbons (Fsp3) is 0.412. The Morgan fingerprint density at radius 2 is 2.04 bits per heavy atom. The van der Waals surface area contributed by atoms with Crippen LogP contribution < -0.4 is 9.64 Å². The molecule has 1 aliphatic rings. The summed E-state index contributed by atoms with van der Waals surface area (Å²) in [5, 5.41) is 0.686. The van der Waals surface area contributed by atoms with Crippen LogP contribution in [0.3, 0.4) is 0 Å². The lowest BCUT2D eigenvalue weighted by molar-refractivity contribution is -0.907. The van der Waals surface area contributed by atoms with Crippen molar-refractivity contribution >= 4 is 22.7 Å². The summed E-state index contributed by atoms with van der Waals surface area (Å²) in [4.78, 5) is 24.9. The Hall–Kier alpha value is -2.18. The molecule has 1 N–H and O–H groups in total. The summed E-state index contributed by atoms with van der Waals surface area (Å²) in [5.74, 6) is 0.0682. The number of carbonyl (C=O) groups excluding carboxylic acids is 2.